The molecule has 0 radical (unpaired) electrons. The molecule has 0 aliphatic heterocycles. The normalized spacial score (nSPS) is 10.8. The van der Waals surface area contributed by atoms with E-state index in [1.807, 2.05) is 30.1 Å². The Bertz CT molecular complexity index is 655. The number of nitrogens with one attached hydrogen (secondary N) is 1. The molecule has 2 aromatic rings. The van der Waals surface area contributed by atoms with Crippen molar-refractivity contribution in [3.63, 3.8) is 0 Å². The summed E-state index contributed by atoms with van der Waals surface area (Å²) in [5.41, 5.74) is 6.35. The minimum atomic E-state index is -0.572. The summed E-state index contributed by atoms with van der Waals surface area (Å²) in [6.45, 7) is 1.17. The number of carbonyl (C=O) groups is 1. The Kier molecular flexibility index (Phi) is 7.60. The SMILES string of the molecule is CN=C(NCc1ccc(C(N)=O)o1)N(C)Cc1ccccc1.I. The molecule has 2 rings (SSSR count). The van der Waals surface area contributed by atoms with Crippen LogP contribution in [0.25, 0.3) is 0 Å². The molecule has 0 saturated heterocycles. The summed E-state index contributed by atoms with van der Waals surface area (Å²) in [6.07, 6.45) is 0. The third kappa shape index (κ3) is 5.59. The summed E-state index contributed by atoms with van der Waals surface area (Å²) in [6, 6.07) is 13.4. The second-order valence-corrected chi connectivity index (χ2v) is 4.87. The first kappa shape index (κ1) is 19.0. The highest BCUT2D eigenvalue weighted by Crippen LogP contribution is 2.07. The Morgan fingerprint density at radius 2 is 1.96 bits per heavy atom. The van der Waals surface area contributed by atoms with E-state index in [1.165, 1.54) is 5.56 Å². The molecule has 3 N–H and O–H groups in total. The number of nitrogens with two attached hydrogens (primary N) is 1. The highest BCUT2D eigenvalue weighted by Gasteiger charge is 2.10. The summed E-state index contributed by atoms with van der Waals surface area (Å²) < 4.78 is 5.33. The Morgan fingerprint density at radius 1 is 1.26 bits per heavy atom. The van der Waals surface area contributed by atoms with Crippen molar-refractivity contribution in [1.29, 1.82) is 0 Å². The van der Waals surface area contributed by atoms with Crippen LogP contribution in [-0.2, 0) is 13.1 Å². The first-order chi connectivity index (χ1) is 10.6. The van der Waals surface area contributed by atoms with Gasteiger partial charge in [-0.1, -0.05) is 30.3 Å². The second-order valence-electron chi connectivity index (χ2n) is 4.87. The predicted molar refractivity (Wildman–Crippen MR) is 101 cm³/mol. The van der Waals surface area contributed by atoms with E-state index in [1.54, 1.807) is 19.2 Å². The van der Waals surface area contributed by atoms with Crippen molar-refractivity contribution >= 4 is 35.8 Å². The topological polar surface area (TPSA) is 83.9 Å². The zero-order valence-electron chi connectivity index (χ0n) is 13.2. The van der Waals surface area contributed by atoms with Gasteiger partial charge in [-0.25, -0.2) is 0 Å². The quantitative estimate of drug-likeness (QED) is 0.435. The third-order valence-electron chi connectivity index (χ3n) is 3.16. The Balaban J connectivity index is 0.00000264. The first-order valence-corrected chi connectivity index (χ1v) is 6.94. The highest BCUT2D eigenvalue weighted by molar-refractivity contribution is 14.0. The van der Waals surface area contributed by atoms with Crippen molar-refractivity contribution in [3.05, 3.63) is 59.5 Å². The van der Waals surface area contributed by atoms with Crippen molar-refractivity contribution in [2.45, 2.75) is 13.1 Å². The summed E-state index contributed by atoms with van der Waals surface area (Å²) in [5.74, 6) is 0.949. The average molecular weight is 428 g/mol. The molecule has 1 aromatic carbocycles. The van der Waals surface area contributed by atoms with Gasteiger partial charge in [0, 0.05) is 20.6 Å². The maximum absolute atomic E-state index is 11.0. The second kappa shape index (κ2) is 9.19. The molecule has 0 aliphatic rings. The molecule has 1 amide bonds. The molecule has 124 valence electrons. The van der Waals surface area contributed by atoms with Gasteiger partial charge in [-0.15, -0.1) is 24.0 Å². The molecule has 7 heteroatoms. The summed E-state index contributed by atoms with van der Waals surface area (Å²) in [4.78, 5) is 17.2. The Hall–Kier alpha value is -2.03. The molecule has 0 spiro atoms. The molecule has 1 aromatic heterocycles. The zero-order chi connectivity index (χ0) is 15.9. The smallest absolute Gasteiger partial charge is 0.284 e. The van der Waals surface area contributed by atoms with Crippen LogP contribution in [0.2, 0.25) is 0 Å². The molecule has 0 bridgehead atoms. The lowest BCUT2D eigenvalue weighted by molar-refractivity contribution is 0.0972. The van der Waals surface area contributed by atoms with Crippen LogP contribution in [0.5, 0.6) is 0 Å². The van der Waals surface area contributed by atoms with Gasteiger partial charge < -0.3 is 20.4 Å². The maximum Gasteiger partial charge on any atom is 0.284 e. The lowest BCUT2D eigenvalue weighted by atomic mass is 10.2. The molecule has 0 atom stereocenters. The fourth-order valence-electron chi connectivity index (χ4n) is 2.09. The van der Waals surface area contributed by atoms with Crippen LogP contribution < -0.4 is 11.1 Å². The maximum atomic E-state index is 11.0. The van der Waals surface area contributed by atoms with Gasteiger partial charge in [-0.2, -0.15) is 0 Å². The number of amides is 1. The molecular weight excluding hydrogens is 407 g/mol. The summed E-state index contributed by atoms with van der Waals surface area (Å²) >= 11 is 0. The number of aliphatic imine (C=N–C) groups is 1. The van der Waals surface area contributed by atoms with Crippen LogP contribution in [0.15, 0.2) is 51.9 Å². The minimum absolute atomic E-state index is 0. The van der Waals surface area contributed by atoms with Gasteiger partial charge in [0.1, 0.15) is 5.76 Å². The van der Waals surface area contributed by atoms with E-state index in [9.17, 15) is 4.79 Å². The van der Waals surface area contributed by atoms with Crippen LogP contribution in [0, 0.1) is 0 Å². The van der Waals surface area contributed by atoms with E-state index in [-0.39, 0.29) is 29.7 Å². The molecule has 6 nitrogen and oxygen atoms in total. The number of carbonyl (C=O) groups excluding carboxylic acids is 1. The van der Waals surface area contributed by atoms with Gasteiger partial charge in [-0.3, -0.25) is 9.79 Å². The van der Waals surface area contributed by atoms with Gasteiger partial charge in [0.05, 0.1) is 6.54 Å². The number of nitrogens with zero attached hydrogens (tertiary/aromatic N) is 2. The van der Waals surface area contributed by atoms with Crippen LogP contribution in [0.1, 0.15) is 21.9 Å². The van der Waals surface area contributed by atoms with Crippen LogP contribution in [0.3, 0.4) is 0 Å². The molecule has 0 aliphatic carbocycles. The minimum Gasteiger partial charge on any atom is -0.454 e. The van der Waals surface area contributed by atoms with Crippen LogP contribution in [0.4, 0.5) is 0 Å². The van der Waals surface area contributed by atoms with E-state index >= 15 is 0 Å². The standard InChI is InChI=1S/C16H20N4O2.HI/c1-18-16(20(2)11-12-6-4-3-5-7-12)19-10-13-8-9-14(22-13)15(17)21;/h3-9H,10-11H2,1-2H3,(H2,17,21)(H,18,19);1H. The largest absolute Gasteiger partial charge is 0.454 e. The highest BCUT2D eigenvalue weighted by atomic mass is 127. The number of benzene rings is 1. The van der Waals surface area contributed by atoms with E-state index < -0.39 is 5.91 Å². The van der Waals surface area contributed by atoms with Crippen molar-refractivity contribution in [2.75, 3.05) is 14.1 Å². The van der Waals surface area contributed by atoms with E-state index in [0.717, 1.165) is 12.5 Å². The fourth-order valence-corrected chi connectivity index (χ4v) is 2.09. The number of primary amides is 1. The molecule has 0 fully saturated rings. The van der Waals surface area contributed by atoms with Crippen molar-refractivity contribution in [3.8, 4) is 0 Å². The number of hydrogen-bond donors (Lipinski definition) is 2. The third-order valence-corrected chi connectivity index (χ3v) is 3.16. The van der Waals surface area contributed by atoms with Gasteiger partial charge in [0.25, 0.3) is 5.91 Å². The van der Waals surface area contributed by atoms with Crippen LogP contribution >= 0.6 is 24.0 Å². The molecule has 23 heavy (non-hydrogen) atoms. The van der Waals surface area contributed by atoms with Gasteiger partial charge in [0.15, 0.2) is 11.7 Å². The lowest BCUT2D eigenvalue weighted by Gasteiger charge is -2.21. The number of furan rings is 1. The molecular formula is C16H21IN4O2. The molecule has 0 unspecified atom stereocenters. The van der Waals surface area contributed by atoms with Crippen molar-refractivity contribution in [2.24, 2.45) is 10.7 Å². The van der Waals surface area contributed by atoms with Crippen molar-refractivity contribution < 1.29 is 9.21 Å². The van der Waals surface area contributed by atoms with Gasteiger partial charge >= 0.3 is 0 Å². The number of halogens is 1. The van der Waals surface area contributed by atoms with Gasteiger partial charge in [-0.05, 0) is 17.7 Å². The lowest BCUT2D eigenvalue weighted by Crippen LogP contribution is -2.37. The predicted octanol–water partition coefficient (Wildman–Crippen LogP) is 2.20. The van der Waals surface area contributed by atoms with Crippen LogP contribution in [-0.4, -0.2) is 30.9 Å². The van der Waals surface area contributed by atoms with E-state index in [2.05, 4.69) is 22.4 Å². The monoisotopic (exact) mass is 428 g/mol. The molecule has 0 saturated carbocycles. The first-order valence-electron chi connectivity index (χ1n) is 6.94. The number of hydrogen-bond acceptors (Lipinski definition) is 3. The fraction of sp³-hybridized carbons (Fsp3) is 0.250. The van der Waals surface area contributed by atoms with E-state index in [4.69, 9.17) is 10.2 Å². The number of rotatable bonds is 5. The summed E-state index contributed by atoms with van der Waals surface area (Å²) in [5, 5.41) is 3.19. The van der Waals surface area contributed by atoms with E-state index in [0.29, 0.717) is 12.3 Å². The Labute approximate surface area is 152 Å². The zero-order valence-corrected chi connectivity index (χ0v) is 15.5. The number of guanidine groups is 1. The average Bonchev–Trinajstić information content (AvgIpc) is 2.98. The van der Waals surface area contributed by atoms with Crippen molar-refractivity contribution in [1.82, 2.24) is 10.2 Å². The summed E-state index contributed by atoms with van der Waals surface area (Å²) in [7, 11) is 3.68. The molecule has 1 heterocycles. The van der Waals surface area contributed by atoms with Gasteiger partial charge in [0.2, 0.25) is 0 Å². The Morgan fingerprint density at radius 3 is 2.52 bits per heavy atom.